The van der Waals surface area contributed by atoms with E-state index in [2.05, 4.69) is 27.9 Å². The number of aliphatic hydroxyl groups is 1. The van der Waals surface area contributed by atoms with E-state index in [0.29, 0.717) is 6.54 Å². The molecule has 1 saturated carbocycles. The summed E-state index contributed by atoms with van der Waals surface area (Å²) >= 11 is 2.21. The lowest BCUT2D eigenvalue weighted by atomic mass is 10.0. The van der Waals surface area contributed by atoms with E-state index in [-0.39, 0.29) is 17.9 Å². The van der Waals surface area contributed by atoms with E-state index in [1.165, 1.54) is 0 Å². The van der Waals surface area contributed by atoms with Gasteiger partial charge < -0.3 is 10.4 Å². The quantitative estimate of drug-likeness (QED) is 0.794. The Labute approximate surface area is 121 Å². The van der Waals surface area contributed by atoms with Crippen molar-refractivity contribution in [1.82, 2.24) is 5.32 Å². The Hall–Kier alpha value is -0.620. The summed E-state index contributed by atoms with van der Waals surface area (Å²) in [4.78, 5) is 12.1. The minimum atomic E-state index is -0.00712. The minimum absolute atomic E-state index is 0.00712. The van der Waals surface area contributed by atoms with Gasteiger partial charge >= 0.3 is 0 Å². The molecule has 98 valence electrons. The Balaban J connectivity index is 1.98. The molecule has 0 unspecified atom stereocenters. The minimum Gasteiger partial charge on any atom is -0.396 e. The van der Waals surface area contributed by atoms with E-state index in [1.54, 1.807) is 0 Å². The molecule has 0 heterocycles. The van der Waals surface area contributed by atoms with Crippen molar-refractivity contribution in [3.63, 3.8) is 0 Å². The number of rotatable bonds is 5. The molecule has 1 amide bonds. The normalized spacial score (nSPS) is 16.4. The molecule has 0 radical (unpaired) electrons. The molecule has 1 aromatic carbocycles. The molecule has 1 aromatic rings. The van der Waals surface area contributed by atoms with Crippen molar-refractivity contribution in [3.8, 4) is 0 Å². The Bertz CT molecular complexity index is 455. The number of aliphatic hydroxyl groups excluding tert-OH is 1. The van der Waals surface area contributed by atoms with Gasteiger partial charge in [0.15, 0.2) is 0 Å². The van der Waals surface area contributed by atoms with Crippen LogP contribution >= 0.6 is 22.6 Å². The summed E-state index contributed by atoms with van der Waals surface area (Å²) < 4.78 is 1.01. The van der Waals surface area contributed by atoms with Gasteiger partial charge in [-0.2, -0.15) is 0 Å². The Morgan fingerprint density at radius 2 is 2.22 bits per heavy atom. The number of carbonyl (C=O) groups excluding carboxylic acids is 1. The van der Waals surface area contributed by atoms with Crippen LogP contribution in [-0.4, -0.2) is 24.2 Å². The molecule has 3 nitrogen and oxygen atoms in total. The fourth-order valence-electron chi connectivity index (χ4n) is 2.11. The maximum Gasteiger partial charge on any atom is 0.252 e. The lowest BCUT2D eigenvalue weighted by molar-refractivity contribution is 0.0940. The van der Waals surface area contributed by atoms with Crippen molar-refractivity contribution >= 4 is 28.5 Å². The summed E-state index contributed by atoms with van der Waals surface area (Å²) in [5.74, 6) is -0.00712. The van der Waals surface area contributed by atoms with Crippen molar-refractivity contribution < 1.29 is 9.90 Å². The smallest absolute Gasteiger partial charge is 0.252 e. The van der Waals surface area contributed by atoms with Gasteiger partial charge in [0.1, 0.15) is 0 Å². The average Bonchev–Trinajstić information content (AvgIpc) is 3.11. The van der Waals surface area contributed by atoms with Crippen molar-refractivity contribution in [2.45, 2.75) is 26.2 Å². The van der Waals surface area contributed by atoms with Gasteiger partial charge in [-0.05, 0) is 65.8 Å². The fraction of sp³-hybridized carbons (Fsp3) is 0.500. The molecule has 0 spiro atoms. The lowest BCUT2D eigenvalue weighted by Gasteiger charge is -2.15. The Kier molecular flexibility index (Phi) is 4.27. The second kappa shape index (κ2) is 5.57. The van der Waals surface area contributed by atoms with Crippen LogP contribution in [0, 0.1) is 15.9 Å². The highest BCUT2D eigenvalue weighted by molar-refractivity contribution is 14.1. The van der Waals surface area contributed by atoms with Gasteiger partial charge in [-0.1, -0.05) is 12.1 Å². The Morgan fingerprint density at radius 3 is 2.83 bits per heavy atom. The van der Waals surface area contributed by atoms with Crippen LogP contribution in [0.5, 0.6) is 0 Å². The number of nitrogens with one attached hydrogen (secondary N) is 1. The number of carbonyl (C=O) groups is 1. The number of amides is 1. The van der Waals surface area contributed by atoms with Crippen LogP contribution in [0.1, 0.15) is 35.2 Å². The third kappa shape index (κ3) is 3.03. The number of aryl methyl sites for hydroxylation is 1. The van der Waals surface area contributed by atoms with Gasteiger partial charge in [0, 0.05) is 16.7 Å². The predicted octanol–water partition coefficient (Wildman–Crippen LogP) is 2.49. The van der Waals surface area contributed by atoms with E-state index < -0.39 is 0 Å². The van der Waals surface area contributed by atoms with Crippen LogP contribution < -0.4 is 5.32 Å². The molecule has 1 fully saturated rings. The predicted molar refractivity (Wildman–Crippen MR) is 79.6 cm³/mol. The van der Waals surface area contributed by atoms with Crippen LogP contribution in [0.3, 0.4) is 0 Å². The lowest BCUT2D eigenvalue weighted by Crippen LogP contribution is -2.31. The van der Waals surface area contributed by atoms with E-state index in [0.717, 1.165) is 34.0 Å². The molecular weight excluding hydrogens is 341 g/mol. The first-order valence-corrected chi connectivity index (χ1v) is 7.30. The summed E-state index contributed by atoms with van der Waals surface area (Å²) in [7, 11) is 0. The van der Waals surface area contributed by atoms with Gasteiger partial charge in [-0.25, -0.2) is 0 Å². The second-order valence-corrected chi connectivity index (χ2v) is 6.17. The molecule has 2 N–H and O–H groups in total. The molecule has 0 aliphatic heterocycles. The molecule has 0 bridgehead atoms. The molecule has 0 aromatic heterocycles. The number of halogens is 1. The zero-order valence-corrected chi connectivity index (χ0v) is 12.7. The summed E-state index contributed by atoms with van der Waals surface area (Å²) in [5, 5.41) is 12.0. The average molecular weight is 359 g/mol. The zero-order valence-electron chi connectivity index (χ0n) is 10.5. The Morgan fingerprint density at radius 1 is 1.50 bits per heavy atom. The third-order valence-corrected chi connectivity index (χ3v) is 5.09. The van der Waals surface area contributed by atoms with Gasteiger partial charge in [-0.15, -0.1) is 0 Å². The van der Waals surface area contributed by atoms with E-state index in [9.17, 15) is 4.79 Å². The number of hydrogen-bond donors (Lipinski definition) is 2. The van der Waals surface area contributed by atoms with Crippen LogP contribution in [0.2, 0.25) is 0 Å². The molecule has 2 rings (SSSR count). The highest BCUT2D eigenvalue weighted by atomic mass is 127. The van der Waals surface area contributed by atoms with Gasteiger partial charge in [-0.3, -0.25) is 4.79 Å². The number of benzene rings is 1. The summed E-state index contributed by atoms with van der Waals surface area (Å²) in [5.41, 5.74) is 2.04. The highest BCUT2D eigenvalue weighted by Crippen LogP contribution is 2.47. The largest absolute Gasteiger partial charge is 0.396 e. The first-order valence-electron chi connectivity index (χ1n) is 6.22. The zero-order chi connectivity index (χ0) is 13.2. The molecule has 1 aliphatic carbocycles. The topological polar surface area (TPSA) is 49.3 Å². The summed E-state index contributed by atoms with van der Waals surface area (Å²) in [6.45, 7) is 2.89. The van der Waals surface area contributed by atoms with Gasteiger partial charge in [0.05, 0.1) is 5.56 Å². The molecular formula is C14H18INO2. The molecule has 1 aliphatic rings. The summed E-state index contributed by atoms with van der Waals surface area (Å²) in [6.07, 6.45) is 3.01. The maximum absolute atomic E-state index is 12.1. The van der Waals surface area contributed by atoms with Crippen LogP contribution in [0.15, 0.2) is 18.2 Å². The first kappa shape index (κ1) is 13.8. The van der Waals surface area contributed by atoms with Gasteiger partial charge in [0.25, 0.3) is 5.91 Å². The van der Waals surface area contributed by atoms with Crippen molar-refractivity contribution in [3.05, 3.63) is 32.9 Å². The fourth-order valence-corrected chi connectivity index (χ4v) is 2.72. The van der Waals surface area contributed by atoms with E-state index >= 15 is 0 Å². The molecule has 18 heavy (non-hydrogen) atoms. The van der Waals surface area contributed by atoms with Gasteiger partial charge in [0.2, 0.25) is 0 Å². The number of hydrogen-bond acceptors (Lipinski definition) is 2. The highest BCUT2D eigenvalue weighted by Gasteiger charge is 2.41. The van der Waals surface area contributed by atoms with Crippen LogP contribution in [0.4, 0.5) is 0 Å². The first-order chi connectivity index (χ1) is 8.58. The SMILES string of the molecule is Cc1cccc(C(=O)NCC2(CCO)CC2)c1I. The van der Waals surface area contributed by atoms with E-state index in [4.69, 9.17) is 5.11 Å². The molecule has 4 heteroatoms. The second-order valence-electron chi connectivity index (χ2n) is 5.09. The van der Waals surface area contributed by atoms with E-state index in [1.807, 2.05) is 25.1 Å². The summed E-state index contributed by atoms with van der Waals surface area (Å²) in [6, 6.07) is 5.77. The van der Waals surface area contributed by atoms with Crippen molar-refractivity contribution in [2.75, 3.05) is 13.2 Å². The standard InChI is InChI=1S/C14H18INO2/c1-10-3-2-4-11(12(10)15)13(18)16-9-14(5-6-14)7-8-17/h2-4,17H,5-9H2,1H3,(H,16,18). The van der Waals surface area contributed by atoms with Crippen LogP contribution in [0.25, 0.3) is 0 Å². The van der Waals surface area contributed by atoms with Crippen molar-refractivity contribution in [2.24, 2.45) is 5.41 Å². The van der Waals surface area contributed by atoms with Crippen LogP contribution in [-0.2, 0) is 0 Å². The third-order valence-electron chi connectivity index (χ3n) is 3.66. The van der Waals surface area contributed by atoms with Crippen molar-refractivity contribution in [1.29, 1.82) is 0 Å². The molecule has 0 saturated heterocycles. The maximum atomic E-state index is 12.1. The monoisotopic (exact) mass is 359 g/mol. The molecule has 0 atom stereocenters.